The Labute approximate surface area is 146 Å². The van der Waals surface area contributed by atoms with E-state index in [0.717, 1.165) is 17.1 Å². The predicted molar refractivity (Wildman–Crippen MR) is 95.3 cm³/mol. The summed E-state index contributed by atoms with van der Waals surface area (Å²) in [5, 5.41) is 3.65. The van der Waals surface area contributed by atoms with Crippen LogP contribution in [0.3, 0.4) is 0 Å². The molecule has 5 heteroatoms. The van der Waals surface area contributed by atoms with E-state index < -0.39 is 0 Å². The molecule has 1 unspecified atom stereocenters. The zero-order chi connectivity index (χ0) is 16.9. The van der Waals surface area contributed by atoms with Gasteiger partial charge in [-0.2, -0.15) is 0 Å². The highest BCUT2D eigenvalue weighted by molar-refractivity contribution is 6.30. The van der Waals surface area contributed by atoms with Crippen LogP contribution >= 0.6 is 11.6 Å². The summed E-state index contributed by atoms with van der Waals surface area (Å²) in [5.74, 6) is -0.0462. The van der Waals surface area contributed by atoms with E-state index in [1.807, 2.05) is 72.3 Å². The summed E-state index contributed by atoms with van der Waals surface area (Å²) in [4.78, 5) is 16.6. The first-order chi connectivity index (χ1) is 11.6. The Bertz CT molecular complexity index is 829. The van der Waals surface area contributed by atoms with Crippen molar-refractivity contribution in [1.82, 2.24) is 14.9 Å². The van der Waals surface area contributed by atoms with E-state index >= 15 is 0 Å². The summed E-state index contributed by atoms with van der Waals surface area (Å²) in [6.45, 7) is 1.93. The minimum Gasteiger partial charge on any atom is -0.348 e. The van der Waals surface area contributed by atoms with Gasteiger partial charge in [-0.05, 0) is 49.4 Å². The molecule has 0 saturated heterocycles. The highest BCUT2D eigenvalue weighted by atomic mass is 35.5. The van der Waals surface area contributed by atoms with E-state index in [0.29, 0.717) is 5.02 Å². The van der Waals surface area contributed by atoms with Crippen molar-refractivity contribution in [3.8, 4) is 5.69 Å². The monoisotopic (exact) mass is 339 g/mol. The van der Waals surface area contributed by atoms with Crippen LogP contribution < -0.4 is 5.32 Å². The fourth-order valence-corrected chi connectivity index (χ4v) is 2.79. The van der Waals surface area contributed by atoms with Gasteiger partial charge in [0, 0.05) is 28.8 Å². The molecule has 1 atom stereocenters. The van der Waals surface area contributed by atoms with E-state index in [1.165, 1.54) is 0 Å². The SMILES string of the molecule is CC(NC(=O)Cc1cccn1-c1cccc(Cl)c1)c1ccccn1. The standard InChI is InChI=1S/C19H18ClN3O/c1-14(18-9-2-3-10-21-18)22-19(24)13-17-8-5-11-23(17)16-7-4-6-15(20)12-16/h2-12,14H,13H2,1H3,(H,22,24). The van der Waals surface area contributed by atoms with Crippen LogP contribution in [0.25, 0.3) is 5.69 Å². The fraction of sp³-hybridized carbons (Fsp3) is 0.158. The number of aromatic nitrogens is 2. The molecule has 4 nitrogen and oxygen atoms in total. The van der Waals surface area contributed by atoms with Gasteiger partial charge in [-0.3, -0.25) is 9.78 Å². The quantitative estimate of drug-likeness (QED) is 0.765. The highest BCUT2D eigenvalue weighted by Gasteiger charge is 2.13. The van der Waals surface area contributed by atoms with Crippen LogP contribution in [0.4, 0.5) is 0 Å². The Morgan fingerprint density at radius 2 is 2.08 bits per heavy atom. The summed E-state index contributed by atoms with van der Waals surface area (Å²) in [6.07, 6.45) is 3.94. The normalized spacial score (nSPS) is 11.9. The third kappa shape index (κ3) is 3.84. The highest BCUT2D eigenvalue weighted by Crippen LogP contribution is 2.18. The van der Waals surface area contributed by atoms with Gasteiger partial charge >= 0.3 is 0 Å². The molecule has 1 aromatic carbocycles. The van der Waals surface area contributed by atoms with Gasteiger partial charge in [0.2, 0.25) is 5.91 Å². The molecule has 0 fully saturated rings. The lowest BCUT2D eigenvalue weighted by molar-refractivity contribution is -0.121. The number of carbonyl (C=O) groups is 1. The van der Waals surface area contributed by atoms with Crippen LogP contribution in [-0.4, -0.2) is 15.5 Å². The molecular formula is C19H18ClN3O. The van der Waals surface area contributed by atoms with E-state index in [-0.39, 0.29) is 18.4 Å². The molecule has 2 heterocycles. The number of nitrogens with one attached hydrogen (secondary N) is 1. The third-order valence-electron chi connectivity index (χ3n) is 3.77. The lowest BCUT2D eigenvalue weighted by atomic mass is 10.2. The van der Waals surface area contributed by atoms with Crippen LogP contribution in [-0.2, 0) is 11.2 Å². The fourth-order valence-electron chi connectivity index (χ4n) is 2.60. The first-order valence-corrected chi connectivity index (χ1v) is 8.14. The number of halogens is 1. The van der Waals surface area contributed by atoms with Crippen molar-refractivity contribution >= 4 is 17.5 Å². The van der Waals surface area contributed by atoms with Crippen LogP contribution in [0.5, 0.6) is 0 Å². The van der Waals surface area contributed by atoms with E-state index in [2.05, 4.69) is 10.3 Å². The van der Waals surface area contributed by atoms with Crippen LogP contribution in [0.1, 0.15) is 24.4 Å². The lowest BCUT2D eigenvalue weighted by Crippen LogP contribution is -2.29. The Hall–Kier alpha value is -2.59. The van der Waals surface area contributed by atoms with Crippen molar-refractivity contribution in [3.05, 3.63) is 83.4 Å². The molecule has 0 aliphatic heterocycles. The Balaban J connectivity index is 1.71. The largest absolute Gasteiger partial charge is 0.348 e. The average molecular weight is 340 g/mol. The first kappa shape index (κ1) is 16.3. The second kappa shape index (κ2) is 7.32. The van der Waals surface area contributed by atoms with Crippen molar-refractivity contribution < 1.29 is 4.79 Å². The Morgan fingerprint density at radius 3 is 2.83 bits per heavy atom. The van der Waals surface area contributed by atoms with Gasteiger partial charge in [0.15, 0.2) is 0 Å². The molecule has 0 radical (unpaired) electrons. The number of pyridine rings is 1. The molecular weight excluding hydrogens is 322 g/mol. The number of hydrogen-bond acceptors (Lipinski definition) is 2. The van der Waals surface area contributed by atoms with E-state index in [9.17, 15) is 4.79 Å². The molecule has 3 aromatic rings. The Kier molecular flexibility index (Phi) is 4.96. The average Bonchev–Trinajstić information content (AvgIpc) is 3.03. The van der Waals surface area contributed by atoms with Crippen molar-refractivity contribution in [2.45, 2.75) is 19.4 Å². The van der Waals surface area contributed by atoms with Gasteiger partial charge in [-0.15, -0.1) is 0 Å². The predicted octanol–water partition coefficient (Wildman–Crippen LogP) is 3.95. The summed E-state index contributed by atoms with van der Waals surface area (Å²) in [5.41, 5.74) is 2.69. The molecule has 0 aliphatic carbocycles. The summed E-state index contributed by atoms with van der Waals surface area (Å²) in [7, 11) is 0. The zero-order valence-electron chi connectivity index (χ0n) is 13.3. The van der Waals surface area contributed by atoms with Gasteiger partial charge in [0.05, 0.1) is 18.2 Å². The molecule has 1 N–H and O–H groups in total. The van der Waals surface area contributed by atoms with Crippen molar-refractivity contribution in [2.24, 2.45) is 0 Å². The van der Waals surface area contributed by atoms with Crippen LogP contribution in [0.2, 0.25) is 5.02 Å². The minimum atomic E-state index is -0.131. The maximum Gasteiger partial charge on any atom is 0.226 e. The van der Waals surface area contributed by atoms with Crippen molar-refractivity contribution in [3.63, 3.8) is 0 Å². The zero-order valence-corrected chi connectivity index (χ0v) is 14.1. The smallest absolute Gasteiger partial charge is 0.226 e. The van der Waals surface area contributed by atoms with Crippen molar-refractivity contribution in [1.29, 1.82) is 0 Å². The summed E-state index contributed by atoms with van der Waals surface area (Å²) < 4.78 is 1.97. The second-order valence-electron chi connectivity index (χ2n) is 5.57. The molecule has 24 heavy (non-hydrogen) atoms. The van der Waals surface area contributed by atoms with Gasteiger partial charge in [0.1, 0.15) is 0 Å². The first-order valence-electron chi connectivity index (χ1n) is 7.76. The number of nitrogens with zero attached hydrogens (tertiary/aromatic N) is 2. The second-order valence-corrected chi connectivity index (χ2v) is 6.01. The summed E-state index contributed by atoms with van der Waals surface area (Å²) in [6, 6.07) is 17.0. The van der Waals surface area contributed by atoms with Gasteiger partial charge in [0.25, 0.3) is 0 Å². The van der Waals surface area contributed by atoms with Gasteiger partial charge in [-0.25, -0.2) is 0 Å². The molecule has 122 valence electrons. The molecule has 0 bridgehead atoms. The number of hydrogen-bond donors (Lipinski definition) is 1. The van der Waals surface area contributed by atoms with Crippen molar-refractivity contribution in [2.75, 3.05) is 0 Å². The maximum absolute atomic E-state index is 12.4. The van der Waals surface area contributed by atoms with Gasteiger partial charge < -0.3 is 9.88 Å². The topological polar surface area (TPSA) is 46.9 Å². The maximum atomic E-state index is 12.4. The molecule has 0 saturated carbocycles. The van der Waals surface area contributed by atoms with Crippen LogP contribution in [0.15, 0.2) is 67.0 Å². The van der Waals surface area contributed by atoms with E-state index in [1.54, 1.807) is 6.20 Å². The van der Waals surface area contributed by atoms with Crippen LogP contribution in [0, 0.1) is 0 Å². The number of amides is 1. The molecule has 2 aromatic heterocycles. The lowest BCUT2D eigenvalue weighted by Gasteiger charge is -2.14. The number of benzene rings is 1. The Morgan fingerprint density at radius 1 is 1.21 bits per heavy atom. The number of carbonyl (C=O) groups excluding carboxylic acids is 1. The van der Waals surface area contributed by atoms with E-state index in [4.69, 9.17) is 11.6 Å². The molecule has 3 rings (SSSR count). The molecule has 1 amide bonds. The molecule has 0 spiro atoms. The number of rotatable bonds is 5. The summed E-state index contributed by atoms with van der Waals surface area (Å²) >= 11 is 6.06. The minimum absolute atomic E-state index is 0.0462. The third-order valence-corrected chi connectivity index (χ3v) is 4.01. The molecule has 0 aliphatic rings. The van der Waals surface area contributed by atoms with Gasteiger partial charge in [-0.1, -0.05) is 23.7 Å².